The van der Waals surface area contributed by atoms with Crippen molar-refractivity contribution < 1.29 is 13.8 Å². The Morgan fingerprint density at radius 3 is 1.43 bits per heavy atom. The second-order valence-electron chi connectivity index (χ2n) is 7.88. The van der Waals surface area contributed by atoms with Crippen molar-refractivity contribution in [2.24, 2.45) is 5.84 Å². The molecule has 1 unspecified atom stereocenters. The van der Waals surface area contributed by atoms with Crippen LogP contribution < -0.4 is 5.84 Å². The van der Waals surface area contributed by atoms with E-state index in [1.165, 1.54) is 83.3 Å². The van der Waals surface area contributed by atoms with Crippen molar-refractivity contribution in [2.75, 3.05) is 12.0 Å². The Balaban J connectivity index is 3.39. The van der Waals surface area contributed by atoms with Crippen molar-refractivity contribution in [1.29, 1.82) is 0 Å². The zero-order chi connectivity index (χ0) is 21.0. The topological polar surface area (TPSA) is 80.5 Å². The largest absolute Gasteiger partial charge is 0.273 e. The molecule has 0 fully saturated rings. The Kier molecular flexibility index (Phi) is 19.0. The zero-order valence-electron chi connectivity index (χ0n) is 18.4. The van der Waals surface area contributed by atoms with E-state index in [4.69, 9.17) is 5.84 Å². The highest BCUT2D eigenvalue weighted by Crippen LogP contribution is 2.13. The molecule has 0 aromatic rings. The molecule has 6 heteroatoms. The maximum Gasteiger partial charge on any atom is 0.244 e. The van der Waals surface area contributed by atoms with Crippen molar-refractivity contribution in [1.82, 2.24) is 5.01 Å². The molecule has 166 valence electrons. The van der Waals surface area contributed by atoms with Crippen molar-refractivity contribution in [3.8, 4) is 0 Å². The molecule has 0 rings (SSSR count). The molecule has 2 amide bonds. The average molecular weight is 417 g/mol. The lowest BCUT2D eigenvalue weighted by Gasteiger charge is -2.14. The molecule has 0 saturated carbocycles. The predicted octanol–water partition coefficient (Wildman–Crippen LogP) is 5.25. The molecule has 28 heavy (non-hydrogen) atoms. The van der Waals surface area contributed by atoms with Gasteiger partial charge in [0.1, 0.15) is 0 Å². The van der Waals surface area contributed by atoms with Gasteiger partial charge in [-0.1, -0.05) is 96.8 Å². The molecule has 0 heterocycles. The third-order valence-electron chi connectivity index (χ3n) is 5.13. The first-order valence-electron chi connectivity index (χ1n) is 11.4. The summed E-state index contributed by atoms with van der Waals surface area (Å²) in [6.07, 6.45) is 21.1. The number of carbonyl (C=O) groups is 2. The van der Waals surface area contributed by atoms with Gasteiger partial charge in [-0.05, 0) is 6.42 Å². The molecule has 2 N–H and O–H groups in total. The number of amides is 2. The summed E-state index contributed by atoms with van der Waals surface area (Å²) >= 11 is 0. The van der Waals surface area contributed by atoms with E-state index in [0.29, 0.717) is 11.4 Å². The van der Waals surface area contributed by atoms with E-state index in [-0.39, 0.29) is 18.1 Å². The molecule has 0 bridgehead atoms. The van der Waals surface area contributed by atoms with Crippen LogP contribution in [0.5, 0.6) is 0 Å². The number of unbranched alkanes of at least 4 members (excludes halogenated alkanes) is 14. The second kappa shape index (κ2) is 19.6. The summed E-state index contributed by atoms with van der Waals surface area (Å²) in [4.78, 5) is 23.6. The van der Waals surface area contributed by atoms with Crippen molar-refractivity contribution in [3.05, 3.63) is 0 Å². The quantitative estimate of drug-likeness (QED) is 0.135. The standard InChI is InChI=1S/C22H44N2O3S/c1-3-4-5-6-7-8-9-10-11-12-13-14-15-16-17-18-21(25)24(23)22(26)19-20-28(2)27/h3-20,23H2,1-2H3. The molecule has 0 radical (unpaired) electrons. The van der Waals surface area contributed by atoms with Gasteiger partial charge in [-0.3, -0.25) is 13.8 Å². The Hall–Kier alpha value is -0.750. The first-order chi connectivity index (χ1) is 13.5. The average Bonchev–Trinajstić information content (AvgIpc) is 2.68. The molecule has 0 aliphatic carbocycles. The summed E-state index contributed by atoms with van der Waals surface area (Å²) in [5.74, 6) is 5.02. The van der Waals surface area contributed by atoms with Gasteiger partial charge in [0.05, 0.1) is 0 Å². The maximum absolute atomic E-state index is 11.9. The minimum absolute atomic E-state index is 0.0597. The minimum atomic E-state index is -1.05. The van der Waals surface area contributed by atoms with Gasteiger partial charge in [-0.15, -0.1) is 0 Å². The first-order valence-corrected chi connectivity index (χ1v) is 13.1. The Morgan fingerprint density at radius 2 is 1.04 bits per heavy atom. The van der Waals surface area contributed by atoms with Crippen LogP contribution in [0.15, 0.2) is 0 Å². The summed E-state index contributed by atoms with van der Waals surface area (Å²) < 4.78 is 11.0. The highest BCUT2D eigenvalue weighted by atomic mass is 32.2. The van der Waals surface area contributed by atoms with Gasteiger partial charge in [-0.2, -0.15) is 0 Å². The van der Waals surface area contributed by atoms with E-state index in [1.807, 2.05) is 0 Å². The Morgan fingerprint density at radius 1 is 0.679 bits per heavy atom. The zero-order valence-corrected chi connectivity index (χ0v) is 19.2. The van der Waals surface area contributed by atoms with Crippen molar-refractivity contribution in [3.63, 3.8) is 0 Å². The highest BCUT2D eigenvalue weighted by molar-refractivity contribution is 7.84. The molecular weight excluding hydrogens is 372 g/mol. The Labute approximate surface area is 175 Å². The number of nitrogens with zero attached hydrogens (tertiary/aromatic N) is 1. The number of imide groups is 1. The van der Waals surface area contributed by atoms with Crippen LogP contribution in [0.2, 0.25) is 0 Å². The fourth-order valence-corrected chi connectivity index (χ4v) is 3.72. The molecule has 5 nitrogen and oxygen atoms in total. The van der Waals surface area contributed by atoms with Crippen LogP contribution in [0.3, 0.4) is 0 Å². The van der Waals surface area contributed by atoms with Gasteiger partial charge in [0, 0.05) is 35.6 Å². The van der Waals surface area contributed by atoms with Gasteiger partial charge < -0.3 is 0 Å². The van der Waals surface area contributed by atoms with Crippen LogP contribution >= 0.6 is 0 Å². The number of hydrogen-bond acceptors (Lipinski definition) is 4. The summed E-state index contributed by atoms with van der Waals surface area (Å²) in [5.41, 5.74) is 0. The maximum atomic E-state index is 11.9. The van der Waals surface area contributed by atoms with Crippen LogP contribution in [-0.2, 0) is 20.4 Å². The minimum Gasteiger partial charge on any atom is -0.273 e. The third-order valence-corrected chi connectivity index (χ3v) is 5.91. The summed E-state index contributed by atoms with van der Waals surface area (Å²) in [6, 6.07) is 0. The van der Waals surface area contributed by atoms with E-state index in [9.17, 15) is 13.8 Å². The van der Waals surface area contributed by atoms with Crippen LogP contribution in [-0.4, -0.2) is 33.0 Å². The van der Waals surface area contributed by atoms with Gasteiger partial charge in [0.15, 0.2) is 0 Å². The van der Waals surface area contributed by atoms with Crippen LogP contribution in [0.25, 0.3) is 0 Å². The SMILES string of the molecule is CCCCCCCCCCCCCCCCCC(=O)N(N)C(=O)CCS(C)=O. The van der Waals surface area contributed by atoms with E-state index in [1.54, 1.807) is 0 Å². The lowest BCUT2D eigenvalue weighted by molar-refractivity contribution is -0.145. The fourth-order valence-electron chi connectivity index (χ4n) is 3.26. The van der Waals surface area contributed by atoms with E-state index < -0.39 is 16.7 Å². The van der Waals surface area contributed by atoms with Crippen molar-refractivity contribution >= 4 is 22.6 Å². The van der Waals surface area contributed by atoms with Gasteiger partial charge in [-0.25, -0.2) is 10.9 Å². The fraction of sp³-hybridized carbons (Fsp3) is 0.909. The van der Waals surface area contributed by atoms with Crippen LogP contribution in [0.1, 0.15) is 116 Å². The van der Waals surface area contributed by atoms with Crippen LogP contribution in [0.4, 0.5) is 0 Å². The first kappa shape index (κ1) is 27.2. The molecule has 0 aromatic carbocycles. The van der Waals surface area contributed by atoms with Crippen LogP contribution in [0, 0.1) is 0 Å². The third kappa shape index (κ3) is 17.4. The summed E-state index contributed by atoms with van der Waals surface area (Å²) in [5, 5.41) is 0.705. The lowest BCUT2D eigenvalue weighted by atomic mass is 10.0. The Bertz CT molecular complexity index is 430. The van der Waals surface area contributed by atoms with Crippen molar-refractivity contribution in [2.45, 2.75) is 116 Å². The smallest absolute Gasteiger partial charge is 0.244 e. The number of hydrazine groups is 1. The van der Waals surface area contributed by atoms with E-state index in [0.717, 1.165) is 19.3 Å². The molecule has 1 atom stereocenters. The monoisotopic (exact) mass is 416 g/mol. The number of carbonyl (C=O) groups excluding carboxylic acids is 2. The molecule has 0 aliphatic heterocycles. The van der Waals surface area contributed by atoms with E-state index >= 15 is 0 Å². The number of rotatable bonds is 19. The molecule has 0 saturated heterocycles. The molecule has 0 aliphatic rings. The second-order valence-corrected chi connectivity index (χ2v) is 9.44. The molecule has 0 aromatic heterocycles. The molecular formula is C22H44N2O3S. The normalized spacial score (nSPS) is 12.1. The summed E-state index contributed by atoms with van der Waals surface area (Å²) in [6.45, 7) is 2.26. The molecule has 0 spiro atoms. The lowest BCUT2D eigenvalue weighted by Crippen LogP contribution is -2.42. The van der Waals surface area contributed by atoms with Gasteiger partial charge in [0.25, 0.3) is 0 Å². The summed E-state index contributed by atoms with van der Waals surface area (Å²) in [7, 11) is -1.05. The number of hydrogen-bond donors (Lipinski definition) is 1. The van der Waals surface area contributed by atoms with Gasteiger partial charge in [0.2, 0.25) is 11.8 Å². The van der Waals surface area contributed by atoms with Gasteiger partial charge >= 0.3 is 0 Å². The number of nitrogens with two attached hydrogens (primary N) is 1. The predicted molar refractivity (Wildman–Crippen MR) is 119 cm³/mol. The highest BCUT2D eigenvalue weighted by Gasteiger charge is 2.17. The van der Waals surface area contributed by atoms with E-state index in [2.05, 4.69) is 6.92 Å².